The predicted molar refractivity (Wildman–Crippen MR) is 289 cm³/mol. The third kappa shape index (κ3) is 15.4. The molecule has 2 saturated heterocycles. The van der Waals surface area contributed by atoms with Crippen LogP contribution in [0.3, 0.4) is 0 Å². The van der Waals surface area contributed by atoms with E-state index in [9.17, 15) is 47.9 Å². The van der Waals surface area contributed by atoms with Crippen LogP contribution in [-0.4, -0.2) is 153 Å². The maximum absolute atomic E-state index is 14.6. The summed E-state index contributed by atoms with van der Waals surface area (Å²) >= 11 is 0. The zero-order chi connectivity index (χ0) is 57.8. The molecule has 7 amide bonds. The molecule has 7 N–H and O–H groups in total. The van der Waals surface area contributed by atoms with Gasteiger partial charge in [-0.05, 0) is 80.8 Å². The summed E-state index contributed by atoms with van der Waals surface area (Å²) in [6, 6.07) is 13.8. The van der Waals surface area contributed by atoms with E-state index in [4.69, 9.17) is 9.47 Å². The third-order valence-electron chi connectivity index (χ3n) is 14.3. The Morgan fingerprint density at radius 3 is 1.35 bits per heavy atom. The van der Waals surface area contributed by atoms with E-state index in [2.05, 4.69) is 37.2 Å². The quantitative estimate of drug-likeness (QED) is 0.0597. The van der Waals surface area contributed by atoms with Crippen molar-refractivity contribution >= 4 is 59.1 Å². The number of amides is 7. The minimum atomic E-state index is -1.22. The number of hydrogen-bond donors (Lipinski definition) is 7. The summed E-state index contributed by atoms with van der Waals surface area (Å²) < 4.78 is 10.0. The highest BCUT2D eigenvalue weighted by atomic mass is 16.5. The van der Waals surface area contributed by atoms with Crippen LogP contribution in [0.1, 0.15) is 119 Å². The molecule has 2 aliphatic heterocycles. The van der Waals surface area contributed by atoms with Crippen molar-refractivity contribution in [2.24, 2.45) is 16.7 Å². The molecule has 10 atom stereocenters. The Balaban J connectivity index is 1.37. The topological polar surface area (TPSA) is 280 Å². The molecule has 0 aromatic heterocycles. The number of rotatable bonds is 21. The van der Waals surface area contributed by atoms with Gasteiger partial charge in [0, 0.05) is 36.7 Å². The Morgan fingerprint density at radius 1 is 0.551 bits per heavy atom. The predicted octanol–water partition coefficient (Wildman–Crippen LogP) is 2.51. The van der Waals surface area contributed by atoms with Crippen LogP contribution in [0, 0.1) is 16.7 Å². The number of likely N-dealkylation sites (N-methyl/N-ethyl adjacent to an activating group) is 2. The average molecular weight is 1080 g/mol. The lowest BCUT2D eigenvalue weighted by Gasteiger charge is -2.36. The number of esters is 2. The number of nitrogens with zero attached hydrogens (tertiary/aromatic N) is 2. The Bertz CT molecular complexity index is 2480. The van der Waals surface area contributed by atoms with Gasteiger partial charge in [-0.1, -0.05) is 114 Å². The number of carbonyl (C=O) groups excluding carboxylic acids is 10. The highest BCUT2D eigenvalue weighted by Crippen LogP contribution is 2.33. The average Bonchev–Trinajstić information content (AvgIpc) is 4.11. The lowest BCUT2D eigenvalue weighted by Crippen LogP contribution is -2.59. The third-order valence-corrected chi connectivity index (χ3v) is 14.3. The van der Waals surface area contributed by atoms with Gasteiger partial charge in [-0.15, -0.1) is 0 Å². The number of likely N-dealkylation sites (tertiary alicyclic amines) is 2. The molecule has 0 saturated carbocycles. The van der Waals surface area contributed by atoms with E-state index >= 15 is 0 Å². The van der Waals surface area contributed by atoms with Crippen molar-refractivity contribution in [1.29, 1.82) is 0 Å². The fourth-order valence-corrected chi connectivity index (χ4v) is 9.44. The van der Waals surface area contributed by atoms with E-state index in [1.165, 1.54) is 48.3 Å². The second kappa shape index (κ2) is 26.7. The van der Waals surface area contributed by atoms with Gasteiger partial charge < -0.3 is 56.5 Å². The van der Waals surface area contributed by atoms with Crippen molar-refractivity contribution in [2.45, 2.75) is 129 Å². The maximum Gasteiger partial charge on any atom is 0.333 e. The molecule has 0 aliphatic carbocycles. The largest absolute Gasteiger partial charge is 0.467 e. The molecule has 0 unspecified atom stereocenters. The van der Waals surface area contributed by atoms with Gasteiger partial charge in [0.05, 0.1) is 26.3 Å². The summed E-state index contributed by atoms with van der Waals surface area (Å²) in [5.41, 5.74) is -0.361. The van der Waals surface area contributed by atoms with E-state index in [1.807, 2.05) is 0 Å². The Kier molecular flexibility index (Phi) is 21.0. The number of nitrogens with one attached hydrogen (secondary N) is 7. The second-order valence-corrected chi connectivity index (χ2v) is 22.1. The van der Waals surface area contributed by atoms with Gasteiger partial charge in [0.2, 0.25) is 35.4 Å². The molecule has 0 spiro atoms. The lowest BCUT2D eigenvalue weighted by molar-refractivity contribution is -0.148. The lowest BCUT2D eigenvalue weighted by atomic mass is 9.85. The Hall–Kier alpha value is -7.52. The summed E-state index contributed by atoms with van der Waals surface area (Å²) in [6.07, 6.45) is -0.132. The van der Waals surface area contributed by atoms with Crippen molar-refractivity contribution in [2.75, 3.05) is 41.4 Å². The summed E-state index contributed by atoms with van der Waals surface area (Å²) in [4.78, 5) is 141. The molecule has 3 aromatic rings. The van der Waals surface area contributed by atoms with Crippen LogP contribution in [0.2, 0.25) is 0 Å². The highest BCUT2D eigenvalue weighted by molar-refractivity contribution is 6.00. The van der Waals surface area contributed by atoms with Crippen molar-refractivity contribution in [3.05, 3.63) is 107 Å². The molecule has 3 aromatic carbocycles. The fourth-order valence-electron chi connectivity index (χ4n) is 9.44. The molecule has 2 aliphatic rings. The van der Waals surface area contributed by atoms with Crippen LogP contribution in [0.5, 0.6) is 0 Å². The fraction of sp³-hybridized carbons (Fsp3) is 0.509. The standard InChI is InChI=1S/C57H77N9O12/c1-32(58-9)47(68)63-45(56(3,4)5)52(73)65-30-34(27-40(65)50(71)61-43(54(75)77-11)36-19-15-13-16-20-36)28-42(67)35-23-25-38(26-24-35)49(70)60-39-29-41(51(72)62-44(55(76)78-12)37-21-17-14-18-22-37)66(31-39)53(74)46(57(6,7)8)64-48(69)33(2)59-10/h13-26,32-34,39-41,43-46,58-59H,27-31H2,1-12H3,(H,60,70)(H,61,71)(H,62,72)(H,63,68)(H,64,69)/t32-,33-,34+,39-,40-,41-,43-,44-,45+,46+/m0/s1. The van der Waals surface area contributed by atoms with E-state index in [0.717, 1.165) is 0 Å². The summed E-state index contributed by atoms with van der Waals surface area (Å²) in [6.45, 7) is 13.8. The van der Waals surface area contributed by atoms with Crippen molar-refractivity contribution in [3.8, 4) is 0 Å². The van der Waals surface area contributed by atoms with Crippen LogP contribution in [0.4, 0.5) is 0 Å². The zero-order valence-electron chi connectivity index (χ0n) is 46.7. The van der Waals surface area contributed by atoms with Crippen molar-refractivity contribution < 1.29 is 57.4 Å². The first-order valence-corrected chi connectivity index (χ1v) is 26.1. The van der Waals surface area contributed by atoms with E-state index in [-0.39, 0.29) is 49.3 Å². The molecule has 21 heteroatoms. The minimum Gasteiger partial charge on any atom is -0.467 e. The number of benzene rings is 3. The van der Waals surface area contributed by atoms with Gasteiger partial charge >= 0.3 is 11.9 Å². The number of ether oxygens (including phenoxy) is 2. The SMILES string of the molecule is CN[C@@H](C)C(=O)N[C@H](C(=O)N1C[C@@H](CC(=O)c2ccc(C(=O)N[C@H]3C[C@@H](C(=O)N[C@H](C(=O)OC)c4ccccc4)N(C(=O)[C@@H](NC(=O)[C@H](C)NC)C(C)(C)C)C3)cc2)C[C@H]1C(=O)N[C@H](C(=O)OC)c1ccccc1)C(C)(C)C. The van der Waals surface area contributed by atoms with Crippen LogP contribution < -0.4 is 37.2 Å². The van der Waals surface area contributed by atoms with Crippen molar-refractivity contribution in [3.63, 3.8) is 0 Å². The molecule has 21 nitrogen and oxygen atoms in total. The first kappa shape index (κ1) is 61.3. The van der Waals surface area contributed by atoms with Gasteiger partial charge in [0.15, 0.2) is 17.9 Å². The molecular weight excluding hydrogens is 1000 g/mol. The van der Waals surface area contributed by atoms with Gasteiger partial charge in [-0.2, -0.15) is 0 Å². The molecule has 5 rings (SSSR count). The monoisotopic (exact) mass is 1080 g/mol. The summed E-state index contributed by atoms with van der Waals surface area (Å²) in [7, 11) is 5.60. The van der Waals surface area contributed by atoms with Crippen LogP contribution in [0.25, 0.3) is 0 Å². The molecule has 78 heavy (non-hydrogen) atoms. The number of methoxy groups -OCH3 is 2. The molecular formula is C57H77N9O12. The molecule has 2 heterocycles. The van der Waals surface area contributed by atoms with Crippen LogP contribution >= 0.6 is 0 Å². The van der Waals surface area contributed by atoms with Gasteiger partial charge in [-0.25, -0.2) is 9.59 Å². The second-order valence-electron chi connectivity index (χ2n) is 22.1. The smallest absolute Gasteiger partial charge is 0.333 e. The molecule has 422 valence electrons. The van der Waals surface area contributed by atoms with E-state index < -0.39 is 124 Å². The highest BCUT2D eigenvalue weighted by Gasteiger charge is 2.48. The normalized spacial score (nSPS) is 19.6. The Labute approximate surface area is 456 Å². The number of ketones is 1. The number of Topliss-reactive ketones (excluding diaryl/α,β-unsaturated/α-hetero) is 1. The van der Waals surface area contributed by atoms with E-state index in [1.54, 1.807) is 130 Å². The van der Waals surface area contributed by atoms with Gasteiger partial charge in [0.25, 0.3) is 5.91 Å². The summed E-state index contributed by atoms with van der Waals surface area (Å²) in [5, 5.41) is 19.8. The number of hydrogen-bond acceptors (Lipinski definition) is 14. The van der Waals surface area contributed by atoms with Gasteiger partial charge in [0.1, 0.15) is 24.2 Å². The molecule has 2 fully saturated rings. The summed E-state index contributed by atoms with van der Waals surface area (Å²) in [5.74, 6) is -6.29. The van der Waals surface area contributed by atoms with Crippen molar-refractivity contribution in [1.82, 2.24) is 47.0 Å². The zero-order valence-corrected chi connectivity index (χ0v) is 46.7. The molecule has 0 radical (unpaired) electrons. The van der Waals surface area contributed by atoms with E-state index in [0.29, 0.717) is 11.1 Å². The molecule has 0 bridgehead atoms. The van der Waals surface area contributed by atoms with Gasteiger partial charge in [-0.3, -0.25) is 38.4 Å². The maximum atomic E-state index is 14.6. The first-order valence-electron chi connectivity index (χ1n) is 26.1. The number of carbonyl (C=O) groups is 10. The Morgan fingerprint density at radius 2 is 0.949 bits per heavy atom. The minimum absolute atomic E-state index is 0.0329. The first-order chi connectivity index (χ1) is 36.7. The van der Waals surface area contributed by atoms with Crippen LogP contribution in [0.15, 0.2) is 84.9 Å². The van der Waals surface area contributed by atoms with Crippen LogP contribution in [-0.2, 0) is 47.8 Å².